The van der Waals surface area contributed by atoms with E-state index in [1.807, 2.05) is 18.2 Å². The van der Waals surface area contributed by atoms with Crippen LogP contribution in [0.2, 0.25) is 0 Å². The second-order valence-electron chi connectivity index (χ2n) is 3.09. The summed E-state index contributed by atoms with van der Waals surface area (Å²) in [7, 11) is -3.50. The van der Waals surface area contributed by atoms with Gasteiger partial charge < -0.3 is 5.11 Å². The second kappa shape index (κ2) is 5.85. The minimum absolute atomic E-state index is 0.0502. The van der Waals surface area contributed by atoms with E-state index in [4.69, 9.17) is 9.29 Å². The van der Waals surface area contributed by atoms with Crippen LogP contribution in [0.4, 0.5) is 0 Å². The molecule has 0 amide bonds. The zero-order valence-corrected chi connectivity index (χ0v) is 9.11. The molecule has 1 aromatic rings. The van der Waals surface area contributed by atoms with Gasteiger partial charge in [0.1, 0.15) is 0 Å². The molecule has 15 heavy (non-hydrogen) atoms. The maximum Gasteiger partial charge on any atom is 0.267 e. The lowest BCUT2D eigenvalue weighted by molar-refractivity contribution is 0.283. The summed E-state index contributed by atoms with van der Waals surface area (Å²) in [6.07, 6.45) is 0.205. The first-order valence-electron chi connectivity index (χ1n) is 4.66. The van der Waals surface area contributed by atoms with Crippen molar-refractivity contribution in [3.05, 3.63) is 35.9 Å². The summed E-state index contributed by atoms with van der Waals surface area (Å²) < 4.78 is 27.2. The zero-order chi connectivity index (χ0) is 11.1. The Kier molecular flexibility index (Phi) is 4.74. The van der Waals surface area contributed by atoms with Crippen LogP contribution in [-0.4, -0.2) is 25.9 Å². The molecule has 1 N–H and O–H groups in total. The van der Waals surface area contributed by atoms with Crippen LogP contribution < -0.4 is 0 Å². The van der Waals surface area contributed by atoms with Crippen molar-refractivity contribution in [2.24, 2.45) is 0 Å². The van der Waals surface area contributed by atoms with Gasteiger partial charge in [0.05, 0.1) is 12.4 Å². The highest BCUT2D eigenvalue weighted by molar-refractivity contribution is 7.86. The highest BCUT2D eigenvalue weighted by atomic mass is 32.2. The lowest BCUT2D eigenvalue weighted by Gasteiger charge is -2.04. The molecule has 0 spiro atoms. The number of aliphatic hydroxyl groups is 1. The molecule has 0 aliphatic heterocycles. The average molecular weight is 230 g/mol. The third-order valence-corrected chi connectivity index (χ3v) is 3.07. The molecule has 0 aliphatic carbocycles. The van der Waals surface area contributed by atoms with E-state index < -0.39 is 10.1 Å². The SMILES string of the molecule is O=S(=O)(CCCO)OCc1ccccc1. The summed E-state index contributed by atoms with van der Waals surface area (Å²) >= 11 is 0. The maximum atomic E-state index is 11.2. The van der Waals surface area contributed by atoms with Gasteiger partial charge in [-0.1, -0.05) is 30.3 Å². The van der Waals surface area contributed by atoms with Gasteiger partial charge in [0.15, 0.2) is 0 Å². The fourth-order valence-corrected chi connectivity index (χ4v) is 1.95. The van der Waals surface area contributed by atoms with Gasteiger partial charge in [-0.05, 0) is 12.0 Å². The van der Waals surface area contributed by atoms with Crippen LogP contribution in [0.3, 0.4) is 0 Å². The van der Waals surface area contributed by atoms with Gasteiger partial charge in [-0.15, -0.1) is 0 Å². The fraction of sp³-hybridized carbons (Fsp3) is 0.400. The third kappa shape index (κ3) is 4.92. The molecule has 0 heterocycles. The van der Waals surface area contributed by atoms with E-state index >= 15 is 0 Å². The normalized spacial score (nSPS) is 11.5. The first-order valence-corrected chi connectivity index (χ1v) is 6.24. The van der Waals surface area contributed by atoms with Crippen molar-refractivity contribution in [2.75, 3.05) is 12.4 Å². The molecule has 0 bridgehead atoms. The van der Waals surface area contributed by atoms with Gasteiger partial charge in [0, 0.05) is 6.61 Å². The number of benzene rings is 1. The Morgan fingerprint density at radius 3 is 2.47 bits per heavy atom. The Bertz CT molecular complexity index is 372. The first kappa shape index (κ1) is 12.2. The van der Waals surface area contributed by atoms with Crippen molar-refractivity contribution in [1.82, 2.24) is 0 Å². The Balaban J connectivity index is 2.43. The van der Waals surface area contributed by atoms with Crippen LogP contribution in [0.1, 0.15) is 12.0 Å². The fourth-order valence-electron chi connectivity index (χ4n) is 1.03. The first-order chi connectivity index (χ1) is 7.14. The summed E-state index contributed by atoms with van der Waals surface area (Å²) in [5.41, 5.74) is 0.810. The van der Waals surface area contributed by atoms with Crippen molar-refractivity contribution < 1.29 is 17.7 Å². The van der Waals surface area contributed by atoms with Crippen LogP contribution in [0.25, 0.3) is 0 Å². The molecule has 1 rings (SSSR count). The van der Waals surface area contributed by atoms with E-state index in [-0.39, 0.29) is 25.4 Å². The minimum atomic E-state index is -3.50. The molecular weight excluding hydrogens is 216 g/mol. The predicted octanol–water partition coefficient (Wildman–Crippen LogP) is 0.915. The lowest BCUT2D eigenvalue weighted by atomic mass is 10.2. The van der Waals surface area contributed by atoms with Crippen molar-refractivity contribution >= 4 is 10.1 Å². The van der Waals surface area contributed by atoms with E-state index in [0.29, 0.717) is 0 Å². The van der Waals surface area contributed by atoms with Crippen LogP contribution in [0, 0.1) is 0 Å². The van der Waals surface area contributed by atoms with Gasteiger partial charge >= 0.3 is 0 Å². The largest absolute Gasteiger partial charge is 0.396 e. The van der Waals surface area contributed by atoms with E-state index in [2.05, 4.69) is 0 Å². The summed E-state index contributed by atoms with van der Waals surface area (Å²) in [4.78, 5) is 0. The smallest absolute Gasteiger partial charge is 0.267 e. The lowest BCUT2D eigenvalue weighted by Crippen LogP contribution is -2.11. The van der Waals surface area contributed by atoms with Crippen molar-refractivity contribution in [3.63, 3.8) is 0 Å². The highest BCUT2D eigenvalue weighted by Gasteiger charge is 2.10. The number of aliphatic hydroxyl groups excluding tert-OH is 1. The molecule has 0 saturated heterocycles. The van der Waals surface area contributed by atoms with E-state index in [0.717, 1.165) is 5.56 Å². The Hall–Kier alpha value is -0.910. The molecule has 84 valence electrons. The van der Waals surface area contributed by atoms with Gasteiger partial charge in [-0.3, -0.25) is 4.18 Å². The van der Waals surface area contributed by atoms with Crippen LogP contribution in [0.15, 0.2) is 30.3 Å². The molecule has 4 nitrogen and oxygen atoms in total. The van der Waals surface area contributed by atoms with Crippen molar-refractivity contribution in [1.29, 1.82) is 0 Å². The van der Waals surface area contributed by atoms with Crippen LogP contribution >= 0.6 is 0 Å². The molecule has 0 aliphatic rings. The maximum absolute atomic E-state index is 11.2. The molecule has 1 aromatic carbocycles. The second-order valence-corrected chi connectivity index (χ2v) is 4.85. The number of hydrogen-bond acceptors (Lipinski definition) is 4. The third-order valence-electron chi connectivity index (χ3n) is 1.80. The molecule has 0 unspecified atom stereocenters. The molecule has 0 saturated carbocycles. The molecule has 0 radical (unpaired) electrons. The molecule has 0 aromatic heterocycles. The zero-order valence-electron chi connectivity index (χ0n) is 8.30. The topological polar surface area (TPSA) is 63.6 Å². The monoisotopic (exact) mass is 230 g/mol. The minimum Gasteiger partial charge on any atom is -0.396 e. The summed E-state index contributed by atoms with van der Waals surface area (Å²) in [6, 6.07) is 9.07. The van der Waals surface area contributed by atoms with Gasteiger partial charge in [0.25, 0.3) is 10.1 Å². The standard InChI is InChI=1S/C10H14O4S/c11-7-4-8-15(12,13)14-9-10-5-2-1-3-6-10/h1-3,5-6,11H,4,7-9H2. The van der Waals surface area contributed by atoms with Crippen molar-refractivity contribution in [2.45, 2.75) is 13.0 Å². The Morgan fingerprint density at radius 2 is 1.87 bits per heavy atom. The summed E-state index contributed by atoms with van der Waals surface area (Å²) in [5, 5.41) is 8.49. The van der Waals surface area contributed by atoms with Crippen molar-refractivity contribution in [3.8, 4) is 0 Å². The predicted molar refractivity (Wildman–Crippen MR) is 56.7 cm³/mol. The summed E-state index contributed by atoms with van der Waals surface area (Å²) in [6.45, 7) is -0.0947. The average Bonchev–Trinajstić information content (AvgIpc) is 2.25. The van der Waals surface area contributed by atoms with E-state index in [9.17, 15) is 8.42 Å². The van der Waals surface area contributed by atoms with Gasteiger partial charge in [-0.25, -0.2) is 0 Å². The highest BCUT2D eigenvalue weighted by Crippen LogP contribution is 2.05. The van der Waals surface area contributed by atoms with Gasteiger partial charge in [0.2, 0.25) is 0 Å². The number of hydrogen-bond donors (Lipinski definition) is 1. The molecule has 0 atom stereocenters. The molecule has 5 heteroatoms. The number of rotatable bonds is 6. The Labute approximate surface area is 89.6 Å². The molecular formula is C10H14O4S. The van der Waals surface area contributed by atoms with Crippen LogP contribution in [0.5, 0.6) is 0 Å². The molecule has 0 fully saturated rings. The van der Waals surface area contributed by atoms with E-state index in [1.54, 1.807) is 12.1 Å². The summed E-state index contributed by atoms with van der Waals surface area (Å²) in [5.74, 6) is -0.143. The quantitative estimate of drug-likeness (QED) is 0.738. The van der Waals surface area contributed by atoms with Crippen LogP contribution in [-0.2, 0) is 20.9 Å². The Morgan fingerprint density at radius 1 is 1.20 bits per heavy atom. The van der Waals surface area contributed by atoms with Gasteiger partial charge in [-0.2, -0.15) is 8.42 Å². The van der Waals surface area contributed by atoms with E-state index in [1.165, 1.54) is 0 Å².